The molecule has 0 amide bonds. The van der Waals surface area contributed by atoms with E-state index in [4.69, 9.17) is 22.1 Å². The summed E-state index contributed by atoms with van der Waals surface area (Å²) in [5, 5.41) is 0.389. The van der Waals surface area contributed by atoms with Gasteiger partial charge in [0.05, 0.1) is 11.9 Å². The van der Waals surface area contributed by atoms with Gasteiger partial charge in [-0.3, -0.25) is 0 Å². The maximum atomic E-state index is 5.94. The molecule has 82 valence electrons. The van der Waals surface area contributed by atoms with E-state index in [0.29, 0.717) is 22.3 Å². The molecular weight excluding hydrogens is 291 g/mol. The summed E-state index contributed by atoms with van der Waals surface area (Å²) < 4.78 is 6.44. The molecule has 0 spiro atoms. The maximum absolute atomic E-state index is 5.94. The van der Waals surface area contributed by atoms with Crippen molar-refractivity contribution < 1.29 is 4.74 Å². The van der Waals surface area contributed by atoms with Crippen LogP contribution in [0.25, 0.3) is 0 Å². The molecule has 0 atom stereocenters. The first-order valence-electron chi connectivity index (χ1n) is 4.49. The largest absolute Gasteiger partial charge is 0.438 e. The van der Waals surface area contributed by atoms with Gasteiger partial charge in [0.1, 0.15) is 10.8 Å². The second-order valence-corrected chi connectivity index (χ2v) is 4.44. The van der Waals surface area contributed by atoms with Crippen molar-refractivity contribution >= 4 is 33.2 Å². The first-order valence-corrected chi connectivity index (χ1v) is 5.67. The Labute approximate surface area is 106 Å². The zero-order valence-corrected chi connectivity index (χ0v) is 10.5. The molecule has 3 nitrogen and oxygen atoms in total. The Hall–Kier alpha value is -1.26. The zero-order chi connectivity index (χ0) is 11.5. The third-order valence-corrected chi connectivity index (χ3v) is 2.60. The third kappa shape index (κ3) is 2.65. The van der Waals surface area contributed by atoms with Crippen LogP contribution in [0.1, 0.15) is 0 Å². The smallest absolute Gasteiger partial charge is 0.238 e. The standard InChI is InChI=1S/C11H8BrClN2O/c12-7-2-1-3-9(4-7)16-11-10(13)5-8(14)6-15-11/h1-6H,14H2. The van der Waals surface area contributed by atoms with Gasteiger partial charge in [-0.15, -0.1) is 0 Å². The van der Waals surface area contributed by atoms with E-state index in [2.05, 4.69) is 20.9 Å². The van der Waals surface area contributed by atoms with Gasteiger partial charge < -0.3 is 10.5 Å². The topological polar surface area (TPSA) is 48.1 Å². The number of hydrogen-bond acceptors (Lipinski definition) is 3. The molecule has 1 aromatic heterocycles. The van der Waals surface area contributed by atoms with Gasteiger partial charge in [0.15, 0.2) is 0 Å². The predicted molar refractivity (Wildman–Crippen MR) is 67.9 cm³/mol. The van der Waals surface area contributed by atoms with Crippen molar-refractivity contribution in [2.24, 2.45) is 0 Å². The lowest BCUT2D eigenvalue weighted by atomic mass is 10.3. The van der Waals surface area contributed by atoms with Gasteiger partial charge in [0.2, 0.25) is 5.88 Å². The van der Waals surface area contributed by atoms with Gasteiger partial charge in [-0.1, -0.05) is 33.6 Å². The number of nitrogens with two attached hydrogens (primary N) is 1. The van der Waals surface area contributed by atoms with Gasteiger partial charge in [0, 0.05) is 4.47 Å². The second-order valence-electron chi connectivity index (χ2n) is 3.12. The molecule has 0 aliphatic heterocycles. The number of aromatic nitrogens is 1. The van der Waals surface area contributed by atoms with Crippen molar-refractivity contribution in [3.8, 4) is 11.6 Å². The monoisotopic (exact) mass is 298 g/mol. The number of benzene rings is 1. The highest BCUT2D eigenvalue weighted by atomic mass is 79.9. The summed E-state index contributed by atoms with van der Waals surface area (Å²) in [6.07, 6.45) is 1.50. The van der Waals surface area contributed by atoms with Crippen LogP contribution in [0, 0.1) is 0 Å². The summed E-state index contributed by atoms with van der Waals surface area (Å²) in [7, 11) is 0. The highest BCUT2D eigenvalue weighted by Crippen LogP contribution is 2.29. The number of hydrogen-bond donors (Lipinski definition) is 1. The molecule has 0 aliphatic carbocycles. The average Bonchev–Trinajstić information content (AvgIpc) is 2.22. The van der Waals surface area contributed by atoms with E-state index in [1.54, 1.807) is 6.07 Å². The SMILES string of the molecule is Nc1cnc(Oc2cccc(Br)c2)c(Cl)c1. The number of nitrogen functional groups attached to an aromatic ring is 1. The van der Waals surface area contributed by atoms with Crippen molar-refractivity contribution in [1.82, 2.24) is 4.98 Å². The Bertz CT molecular complexity index is 519. The minimum atomic E-state index is 0.342. The molecule has 0 aliphatic rings. The van der Waals surface area contributed by atoms with Crippen LogP contribution in [-0.2, 0) is 0 Å². The number of rotatable bonds is 2. The minimum Gasteiger partial charge on any atom is -0.438 e. The molecule has 2 aromatic rings. The summed E-state index contributed by atoms with van der Waals surface area (Å²) in [4.78, 5) is 4.01. The van der Waals surface area contributed by atoms with Crippen LogP contribution in [0.4, 0.5) is 5.69 Å². The van der Waals surface area contributed by atoms with E-state index in [1.807, 2.05) is 24.3 Å². The van der Waals surface area contributed by atoms with Gasteiger partial charge in [-0.25, -0.2) is 4.98 Å². The van der Waals surface area contributed by atoms with Gasteiger partial charge in [0.25, 0.3) is 0 Å². The fourth-order valence-electron chi connectivity index (χ4n) is 1.16. The molecule has 0 radical (unpaired) electrons. The quantitative estimate of drug-likeness (QED) is 0.915. The van der Waals surface area contributed by atoms with Crippen LogP contribution in [0.3, 0.4) is 0 Å². The summed E-state index contributed by atoms with van der Waals surface area (Å²) in [6.45, 7) is 0. The summed E-state index contributed by atoms with van der Waals surface area (Å²) in [5.74, 6) is 1.00. The number of halogens is 2. The zero-order valence-electron chi connectivity index (χ0n) is 8.15. The van der Waals surface area contributed by atoms with E-state index in [-0.39, 0.29) is 0 Å². The van der Waals surface area contributed by atoms with E-state index in [9.17, 15) is 0 Å². The molecule has 0 saturated heterocycles. The molecule has 0 saturated carbocycles. The lowest BCUT2D eigenvalue weighted by molar-refractivity contribution is 0.463. The lowest BCUT2D eigenvalue weighted by Gasteiger charge is -2.06. The average molecular weight is 300 g/mol. The molecule has 16 heavy (non-hydrogen) atoms. The van der Waals surface area contributed by atoms with Crippen LogP contribution in [-0.4, -0.2) is 4.98 Å². The minimum absolute atomic E-state index is 0.342. The van der Waals surface area contributed by atoms with Crippen LogP contribution in [0.15, 0.2) is 41.0 Å². The van der Waals surface area contributed by atoms with Crippen molar-refractivity contribution in [3.05, 3.63) is 46.0 Å². The Kier molecular flexibility index (Phi) is 3.31. The van der Waals surface area contributed by atoms with Gasteiger partial charge >= 0.3 is 0 Å². The van der Waals surface area contributed by atoms with Crippen molar-refractivity contribution in [3.63, 3.8) is 0 Å². The predicted octanol–water partition coefficient (Wildman–Crippen LogP) is 3.87. The normalized spacial score (nSPS) is 10.1. The fourth-order valence-corrected chi connectivity index (χ4v) is 1.75. The number of anilines is 1. The van der Waals surface area contributed by atoms with E-state index in [0.717, 1.165) is 4.47 Å². The molecule has 5 heteroatoms. The molecule has 0 bridgehead atoms. The van der Waals surface area contributed by atoms with Crippen LogP contribution < -0.4 is 10.5 Å². The molecule has 2 rings (SSSR count). The maximum Gasteiger partial charge on any atom is 0.238 e. The third-order valence-electron chi connectivity index (χ3n) is 1.84. The molecule has 0 fully saturated rings. The van der Waals surface area contributed by atoms with E-state index < -0.39 is 0 Å². The number of ether oxygens (including phenoxy) is 1. The molecular formula is C11H8BrClN2O. The number of nitrogens with zero attached hydrogens (tertiary/aromatic N) is 1. The van der Waals surface area contributed by atoms with Crippen LogP contribution >= 0.6 is 27.5 Å². The van der Waals surface area contributed by atoms with E-state index in [1.165, 1.54) is 6.20 Å². The van der Waals surface area contributed by atoms with Crippen molar-refractivity contribution in [2.45, 2.75) is 0 Å². The Morgan fingerprint density at radius 3 is 2.81 bits per heavy atom. The van der Waals surface area contributed by atoms with Gasteiger partial charge in [-0.2, -0.15) is 0 Å². The Morgan fingerprint density at radius 2 is 2.12 bits per heavy atom. The fraction of sp³-hybridized carbons (Fsp3) is 0. The van der Waals surface area contributed by atoms with Crippen LogP contribution in [0.5, 0.6) is 11.6 Å². The van der Waals surface area contributed by atoms with Crippen molar-refractivity contribution in [2.75, 3.05) is 5.73 Å². The van der Waals surface area contributed by atoms with E-state index >= 15 is 0 Å². The first-order chi connectivity index (χ1) is 7.65. The highest BCUT2D eigenvalue weighted by Gasteiger charge is 2.05. The van der Waals surface area contributed by atoms with Crippen molar-refractivity contribution in [1.29, 1.82) is 0 Å². The Morgan fingerprint density at radius 1 is 1.31 bits per heavy atom. The number of pyridine rings is 1. The molecule has 1 aromatic carbocycles. The second kappa shape index (κ2) is 4.72. The summed E-state index contributed by atoms with van der Waals surface area (Å²) in [5.41, 5.74) is 6.04. The Balaban J connectivity index is 2.27. The molecule has 0 unspecified atom stereocenters. The molecule has 2 N–H and O–H groups in total. The highest BCUT2D eigenvalue weighted by molar-refractivity contribution is 9.10. The lowest BCUT2D eigenvalue weighted by Crippen LogP contribution is -1.91. The summed E-state index contributed by atoms with van der Waals surface area (Å²) >= 11 is 9.29. The summed E-state index contributed by atoms with van der Waals surface area (Å²) in [6, 6.07) is 9.02. The first kappa shape index (κ1) is 11.2. The molecule has 1 heterocycles. The van der Waals surface area contributed by atoms with Crippen LogP contribution in [0.2, 0.25) is 5.02 Å². The van der Waals surface area contributed by atoms with Gasteiger partial charge in [-0.05, 0) is 24.3 Å².